The van der Waals surface area contributed by atoms with E-state index in [-0.39, 0.29) is 0 Å². The van der Waals surface area contributed by atoms with Gasteiger partial charge in [-0.2, -0.15) is 5.10 Å². The normalized spacial score (nSPS) is 10.8. The van der Waals surface area contributed by atoms with Crippen LogP contribution in [-0.4, -0.2) is 23.9 Å². The molecule has 0 saturated heterocycles. The van der Waals surface area contributed by atoms with Crippen LogP contribution in [-0.2, 0) is 13.1 Å². The molecule has 0 atom stereocenters. The van der Waals surface area contributed by atoms with Crippen LogP contribution < -0.4 is 10.1 Å². The predicted molar refractivity (Wildman–Crippen MR) is 82.0 cm³/mol. The second-order valence-electron chi connectivity index (χ2n) is 4.94. The zero-order chi connectivity index (χ0) is 14.5. The summed E-state index contributed by atoms with van der Waals surface area (Å²) in [6.07, 6.45) is 3.23. The minimum absolute atomic E-state index is 0.810. The van der Waals surface area contributed by atoms with Crippen molar-refractivity contribution in [2.24, 2.45) is 0 Å². The summed E-state index contributed by atoms with van der Waals surface area (Å²) in [4.78, 5) is 0. The maximum atomic E-state index is 5.32. The second-order valence-corrected chi connectivity index (χ2v) is 4.94. The van der Waals surface area contributed by atoms with Crippen molar-refractivity contribution in [2.75, 3.05) is 14.2 Å². The minimum Gasteiger partial charge on any atom is -0.497 e. The molecular formula is C16H23N3O. The van der Waals surface area contributed by atoms with Crippen molar-refractivity contribution in [1.29, 1.82) is 0 Å². The van der Waals surface area contributed by atoms with E-state index in [0.717, 1.165) is 31.0 Å². The number of rotatable bonds is 6. The van der Waals surface area contributed by atoms with Crippen LogP contribution in [0, 0.1) is 6.92 Å². The van der Waals surface area contributed by atoms with E-state index < -0.39 is 0 Å². The van der Waals surface area contributed by atoms with E-state index in [1.54, 1.807) is 7.11 Å². The van der Waals surface area contributed by atoms with E-state index in [1.165, 1.54) is 16.7 Å². The highest BCUT2D eigenvalue weighted by Gasteiger charge is 2.12. The van der Waals surface area contributed by atoms with Gasteiger partial charge >= 0.3 is 0 Å². The summed E-state index contributed by atoms with van der Waals surface area (Å²) < 4.78 is 7.34. The number of hydrogen-bond acceptors (Lipinski definition) is 3. The van der Waals surface area contributed by atoms with Crippen molar-refractivity contribution in [1.82, 2.24) is 15.1 Å². The lowest BCUT2D eigenvalue weighted by Crippen LogP contribution is -2.06. The largest absolute Gasteiger partial charge is 0.497 e. The van der Waals surface area contributed by atoms with Crippen LogP contribution in [0.2, 0.25) is 0 Å². The molecule has 0 aliphatic carbocycles. The predicted octanol–water partition coefficient (Wildman–Crippen LogP) is 3.00. The Morgan fingerprint density at radius 2 is 2.10 bits per heavy atom. The molecule has 1 N–H and O–H groups in total. The summed E-state index contributed by atoms with van der Waals surface area (Å²) in [5.41, 5.74) is 4.72. The second kappa shape index (κ2) is 6.57. The van der Waals surface area contributed by atoms with Crippen LogP contribution in [0.3, 0.4) is 0 Å². The summed E-state index contributed by atoms with van der Waals surface area (Å²) in [6, 6.07) is 6.21. The molecule has 4 nitrogen and oxygen atoms in total. The quantitative estimate of drug-likeness (QED) is 0.879. The van der Waals surface area contributed by atoms with E-state index in [0.29, 0.717) is 0 Å². The van der Waals surface area contributed by atoms with Crippen LogP contribution in [0.5, 0.6) is 5.75 Å². The van der Waals surface area contributed by atoms with Crippen LogP contribution in [0.1, 0.15) is 24.6 Å². The average molecular weight is 273 g/mol. The summed E-state index contributed by atoms with van der Waals surface area (Å²) in [5, 5.41) is 7.80. The standard InChI is InChI=1S/C16H23N3O/c1-5-8-19-11-16(12(2)18-19)15-7-6-14(20-4)9-13(15)10-17-3/h6-7,9,11,17H,5,8,10H2,1-4H3. The van der Waals surface area contributed by atoms with Crippen molar-refractivity contribution in [2.45, 2.75) is 33.4 Å². The lowest BCUT2D eigenvalue weighted by atomic mass is 10.00. The Labute approximate surface area is 120 Å². The minimum atomic E-state index is 0.810. The Morgan fingerprint density at radius 3 is 2.75 bits per heavy atom. The number of methoxy groups -OCH3 is 1. The van der Waals surface area contributed by atoms with Gasteiger partial charge in [0.15, 0.2) is 0 Å². The third kappa shape index (κ3) is 3.02. The van der Waals surface area contributed by atoms with E-state index in [2.05, 4.69) is 42.6 Å². The SMILES string of the molecule is CCCn1cc(-c2ccc(OC)cc2CNC)c(C)n1. The van der Waals surface area contributed by atoms with Gasteiger partial charge < -0.3 is 10.1 Å². The zero-order valence-corrected chi connectivity index (χ0v) is 12.7. The molecule has 0 saturated carbocycles. The molecule has 0 amide bonds. The topological polar surface area (TPSA) is 39.1 Å². The molecule has 4 heteroatoms. The number of nitrogens with one attached hydrogen (secondary N) is 1. The first-order valence-corrected chi connectivity index (χ1v) is 7.05. The maximum absolute atomic E-state index is 5.32. The first-order valence-electron chi connectivity index (χ1n) is 7.05. The molecule has 20 heavy (non-hydrogen) atoms. The van der Waals surface area contributed by atoms with Gasteiger partial charge in [0.25, 0.3) is 0 Å². The number of aromatic nitrogens is 2. The zero-order valence-electron chi connectivity index (χ0n) is 12.7. The molecule has 1 aromatic carbocycles. The van der Waals surface area contributed by atoms with Crippen molar-refractivity contribution < 1.29 is 4.74 Å². The van der Waals surface area contributed by atoms with Gasteiger partial charge in [0.2, 0.25) is 0 Å². The Hall–Kier alpha value is -1.81. The molecule has 2 aromatic rings. The molecule has 0 aliphatic heterocycles. The number of hydrogen-bond donors (Lipinski definition) is 1. The molecule has 1 heterocycles. The molecular weight excluding hydrogens is 250 g/mol. The fourth-order valence-electron chi connectivity index (χ4n) is 2.42. The van der Waals surface area contributed by atoms with Crippen LogP contribution in [0.15, 0.2) is 24.4 Å². The smallest absolute Gasteiger partial charge is 0.119 e. The summed E-state index contributed by atoms with van der Waals surface area (Å²) in [5.74, 6) is 0.887. The Balaban J connectivity index is 2.45. The van der Waals surface area contributed by atoms with Gasteiger partial charge in [-0.05, 0) is 43.7 Å². The molecule has 0 bridgehead atoms. The van der Waals surface area contributed by atoms with Crippen molar-refractivity contribution in [3.8, 4) is 16.9 Å². The van der Waals surface area contributed by atoms with Gasteiger partial charge in [-0.15, -0.1) is 0 Å². The lowest BCUT2D eigenvalue weighted by Gasteiger charge is -2.10. The number of benzene rings is 1. The third-order valence-corrected chi connectivity index (χ3v) is 3.37. The van der Waals surface area contributed by atoms with Crippen molar-refractivity contribution in [3.63, 3.8) is 0 Å². The van der Waals surface area contributed by atoms with Gasteiger partial charge in [-0.1, -0.05) is 13.0 Å². The summed E-state index contributed by atoms with van der Waals surface area (Å²) in [7, 11) is 3.65. The number of ether oxygens (including phenoxy) is 1. The third-order valence-electron chi connectivity index (χ3n) is 3.37. The van der Waals surface area contributed by atoms with Gasteiger partial charge in [0, 0.05) is 24.8 Å². The van der Waals surface area contributed by atoms with Crippen LogP contribution in [0.4, 0.5) is 0 Å². The Bertz CT molecular complexity index is 575. The number of aryl methyl sites for hydroxylation is 2. The molecule has 0 fully saturated rings. The van der Waals surface area contributed by atoms with Crippen molar-refractivity contribution >= 4 is 0 Å². The fraction of sp³-hybridized carbons (Fsp3) is 0.438. The molecule has 0 radical (unpaired) electrons. The molecule has 2 rings (SSSR count). The van der Waals surface area contributed by atoms with E-state index >= 15 is 0 Å². The average Bonchev–Trinajstić information content (AvgIpc) is 2.80. The summed E-state index contributed by atoms with van der Waals surface area (Å²) in [6.45, 7) is 5.99. The highest BCUT2D eigenvalue weighted by Crippen LogP contribution is 2.29. The highest BCUT2D eigenvalue weighted by atomic mass is 16.5. The Morgan fingerprint density at radius 1 is 1.30 bits per heavy atom. The van der Waals surface area contributed by atoms with E-state index in [9.17, 15) is 0 Å². The first kappa shape index (κ1) is 14.6. The van der Waals surface area contributed by atoms with E-state index in [1.807, 2.05) is 17.8 Å². The fourth-order valence-corrected chi connectivity index (χ4v) is 2.42. The van der Waals surface area contributed by atoms with Crippen LogP contribution in [0.25, 0.3) is 11.1 Å². The monoisotopic (exact) mass is 273 g/mol. The van der Waals surface area contributed by atoms with Gasteiger partial charge in [0.1, 0.15) is 5.75 Å². The molecule has 1 aromatic heterocycles. The van der Waals surface area contributed by atoms with Gasteiger partial charge in [0.05, 0.1) is 12.8 Å². The van der Waals surface area contributed by atoms with Gasteiger partial charge in [-0.25, -0.2) is 0 Å². The van der Waals surface area contributed by atoms with Gasteiger partial charge in [-0.3, -0.25) is 4.68 Å². The lowest BCUT2D eigenvalue weighted by molar-refractivity contribution is 0.414. The molecule has 0 unspecified atom stereocenters. The summed E-state index contributed by atoms with van der Waals surface area (Å²) >= 11 is 0. The maximum Gasteiger partial charge on any atom is 0.119 e. The highest BCUT2D eigenvalue weighted by molar-refractivity contribution is 5.69. The Kier molecular flexibility index (Phi) is 4.79. The number of nitrogens with zero attached hydrogens (tertiary/aromatic N) is 2. The van der Waals surface area contributed by atoms with Crippen molar-refractivity contribution in [3.05, 3.63) is 35.7 Å². The molecule has 108 valence electrons. The van der Waals surface area contributed by atoms with Crippen LogP contribution >= 0.6 is 0 Å². The molecule has 0 aliphatic rings. The molecule has 0 spiro atoms. The van der Waals surface area contributed by atoms with E-state index in [4.69, 9.17) is 4.74 Å². The first-order chi connectivity index (χ1) is 9.69.